The summed E-state index contributed by atoms with van der Waals surface area (Å²) in [6.07, 6.45) is 3.41. The van der Waals surface area contributed by atoms with Gasteiger partial charge in [-0.1, -0.05) is 18.2 Å². The third-order valence-corrected chi connectivity index (χ3v) is 6.46. The van der Waals surface area contributed by atoms with Gasteiger partial charge < -0.3 is 19.9 Å². The highest BCUT2D eigenvalue weighted by molar-refractivity contribution is 6.46. The minimum absolute atomic E-state index is 0.0313. The highest BCUT2D eigenvalue weighted by Crippen LogP contribution is 2.36. The maximum Gasteiger partial charge on any atom is 0.526 e. The first-order valence-electron chi connectivity index (χ1n) is 11.5. The van der Waals surface area contributed by atoms with Crippen LogP contribution in [0.1, 0.15) is 36.1 Å². The summed E-state index contributed by atoms with van der Waals surface area (Å²) in [4.78, 5) is 53.2. The predicted octanol–water partition coefficient (Wildman–Crippen LogP) is 0.615. The van der Waals surface area contributed by atoms with Gasteiger partial charge in [0.05, 0.1) is 6.20 Å². The second-order valence-corrected chi connectivity index (χ2v) is 8.88. The van der Waals surface area contributed by atoms with Gasteiger partial charge >= 0.3 is 25.0 Å². The molecule has 0 saturated carbocycles. The number of rotatable bonds is 6. The van der Waals surface area contributed by atoms with Crippen molar-refractivity contribution < 1.29 is 28.9 Å². The number of carbonyl (C=O) groups excluding carboxylic acids is 4. The van der Waals surface area contributed by atoms with Crippen LogP contribution in [0.5, 0.6) is 5.75 Å². The predicted molar refractivity (Wildman–Crippen MR) is 125 cm³/mol. The second kappa shape index (κ2) is 9.91. The molecular formula is C23H28BN5O6. The maximum atomic E-state index is 13.4. The summed E-state index contributed by atoms with van der Waals surface area (Å²) >= 11 is 0. The number of ketones is 1. The quantitative estimate of drug-likeness (QED) is 0.456. The van der Waals surface area contributed by atoms with Crippen molar-refractivity contribution in [3.05, 3.63) is 47.3 Å². The molecule has 1 unspecified atom stereocenters. The first kappa shape index (κ1) is 24.5. The Morgan fingerprint density at radius 3 is 2.74 bits per heavy atom. The van der Waals surface area contributed by atoms with Gasteiger partial charge in [-0.3, -0.25) is 24.0 Å². The Kier molecular flexibility index (Phi) is 6.92. The number of amides is 4. The monoisotopic (exact) mass is 481 g/mol. The highest BCUT2D eigenvalue weighted by Gasteiger charge is 2.40. The highest BCUT2D eigenvalue weighted by atomic mass is 16.5. The van der Waals surface area contributed by atoms with Crippen molar-refractivity contribution in [1.82, 2.24) is 24.9 Å². The van der Waals surface area contributed by atoms with E-state index in [0.29, 0.717) is 24.3 Å². The number of urea groups is 1. The zero-order valence-corrected chi connectivity index (χ0v) is 19.9. The normalized spacial score (nSPS) is 18.7. The zero-order chi connectivity index (χ0) is 25.3. The lowest BCUT2D eigenvalue weighted by molar-refractivity contribution is -0.153. The molecule has 4 amide bonds. The van der Waals surface area contributed by atoms with Crippen LogP contribution in [0.3, 0.4) is 0 Å². The van der Waals surface area contributed by atoms with Gasteiger partial charge in [0, 0.05) is 50.7 Å². The van der Waals surface area contributed by atoms with Crippen LogP contribution in [0, 0.1) is 6.92 Å². The largest absolute Gasteiger partial charge is 0.536 e. The number of nitrogens with zero attached hydrogens (tertiary/aromatic N) is 4. The van der Waals surface area contributed by atoms with Crippen LogP contribution in [0.4, 0.5) is 4.79 Å². The van der Waals surface area contributed by atoms with Crippen molar-refractivity contribution in [3.8, 4) is 5.75 Å². The number of hydrogen-bond acceptors (Lipinski definition) is 7. The third-order valence-electron chi connectivity index (χ3n) is 6.46. The molecule has 2 aromatic rings. The molecule has 2 aliphatic heterocycles. The van der Waals surface area contributed by atoms with Gasteiger partial charge in [0.1, 0.15) is 11.8 Å². The van der Waals surface area contributed by atoms with Crippen molar-refractivity contribution in [2.24, 2.45) is 7.05 Å². The Labute approximate surface area is 203 Å². The molecule has 4 rings (SSSR count). The number of carbonyl (C=O) groups is 4. The number of hydrogen-bond donors (Lipinski definition) is 2. The first-order chi connectivity index (χ1) is 16.7. The number of aryl methyl sites for hydroxylation is 2. The fourth-order valence-corrected chi connectivity index (χ4v) is 4.50. The van der Waals surface area contributed by atoms with Gasteiger partial charge in [0.2, 0.25) is 0 Å². The average molecular weight is 481 g/mol. The summed E-state index contributed by atoms with van der Waals surface area (Å²) in [5, 5.41) is 17.3. The van der Waals surface area contributed by atoms with E-state index in [9.17, 15) is 24.2 Å². The molecule has 184 valence electrons. The van der Waals surface area contributed by atoms with E-state index >= 15 is 0 Å². The van der Waals surface area contributed by atoms with Crippen LogP contribution in [0.15, 0.2) is 30.6 Å². The summed E-state index contributed by atoms with van der Waals surface area (Å²) in [5.74, 6) is -1.97. The molecule has 1 aromatic heterocycles. The molecule has 1 aromatic carbocycles. The molecule has 0 aliphatic carbocycles. The lowest BCUT2D eigenvalue weighted by atomic mass is 9.64. The Morgan fingerprint density at radius 1 is 1.29 bits per heavy atom. The fourth-order valence-electron chi connectivity index (χ4n) is 4.50. The maximum absolute atomic E-state index is 13.4. The Morgan fingerprint density at radius 2 is 2.06 bits per heavy atom. The minimum atomic E-state index is -1.18. The van der Waals surface area contributed by atoms with E-state index in [0.717, 1.165) is 16.0 Å². The van der Waals surface area contributed by atoms with E-state index in [1.54, 1.807) is 20.2 Å². The number of piperazine rings is 1. The smallest absolute Gasteiger partial charge is 0.526 e. The van der Waals surface area contributed by atoms with Crippen LogP contribution < -0.4 is 9.97 Å². The average Bonchev–Trinajstić information content (AvgIpc) is 3.26. The summed E-state index contributed by atoms with van der Waals surface area (Å²) < 4.78 is 7.19. The van der Waals surface area contributed by atoms with Crippen LogP contribution in [-0.2, 0) is 27.9 Å². The lowest BCUT2D eigenvalue weighted by Crippen LogP contribution is -2.58. The van der Waals surface area contributed by atoms with Crippen molar-refractivity contribution in [2.75, 3.05) is 19.6 Å². The number of fused-ring (bicyclic) bond motifs is 1. The Balaban J connectivity index is 1.51. The SMILES string of the molecule is CCN1CCN(C(=O)NC(C(=O)C[C@H]2Cc3cccc(C)c3OB2O)c2cnn(C)c2)C(=O)C1=O. The number of likely N-dealkylation sites (N-methyl/N-ethyl adjacent to an activating group) is 1. The van der Waals surface area contributed by atoms with Crippen molar-refractivity contribution in [3.63, 3.8) is 0 Å². The summed E-state index contributed by atoms with van der Waals surface area (Å²) in [5.41, 5.74) is 2.22. The van der Waals surface area contributed by atoms with Gasteiger partial charge in [0.15, 0.2) is 5.78 Å². The second-order valence-electron chi connectivity index (χ2n) is 8.88. The Hall–Kier alpha value is -3.67. The van der Waals surface area contributed by atoms with E-state index < -0.39 is 36.8 Å². The van der Waals surface area contributed by atoms with Crippen LogP contribution in [-0.4, -0.2) is 75.0 Å². The zero-order valence-electron chi connectivity index (χ0n) is 19.9. The summed E-state index contributed by atoms with van der Waals surface area (Å²) in [6.45, 7) is 4.26. The number of aromatic nitrogens is 2. The molecule has 2 N–H and O–H groups in total. The molecule has 35 heavy (non-hydrogen) atoms. The van der Waals surface area contributed by atoms with Crippen LogP contribution in [0.25, 0.3) is 0 Å². The molecule has 1 fully saturated rings. The third kappa shape index (κ3) is 4.92. The van der Waals surface area contributed by atoms with Crippen molar-refractivity contribution in [1.29, 1.82) is 0 Å². The summed E-state index contributed by atoms with van der Waals surface area (Å²) in [7, 11) is 0.496. The Bertz CT molecular complexity index is 1170. The molecule has 2 atom stereocenters. The van der Waals surface area contributed by atoms with Crippen molar-refractivity contribution >= 4 is 30.7 Å². The van der Waals surface area contributed by atoms with Gasteiger partial charge in [-0.2, -0.15) is 5.10 Å². The van der Waals surface area contributed by atoms with Crippen molar-refractivity contribution in [2.45, 2.75) is 38.5 Å². The number of Topliss-reactive ketones (excluding diaryl/α,β-unsaturated/α-hetero) is 1. The van der Waals surface area contributed by atoms with Gasteiger partial charge in [-0.05, 0) is 31.4 Å². The standard InChI is InChI=1S/C23H28BN5O6/c1-4-28-8-9-29(22(32)21(28)31)23(33)26-19(16-12-25-27(3)13-16)18(30)11-17-10-15-7-5-6-14(2)20(15)35-24(17)34/h5-7,12-13,17,19,34H,4,8-11H2,1-3H3,(H,26,33)/t17-,19?/m1/s1. The lowest BCUT2D eigenvalue weighted by Gasteiger charge is -2.33. The van der Waals surface area contributed by atoms with E-state index in [1.807, 2.05) is 25.1 Å². The first-order valence-corrected chi connectivity index (χ1v) is 11.5. The molecule has 12 heteroatoms. The number of benzene rings is 1. The molecule has 0 spiro atoms. The summed E-state index contributed by atoms with van der Waals surface area (Å²) in [6, 6.07) is 3.72. The number of imide groups is 1. The van der Waals surface area contributed by atoms with E-state index in [1.165, 1.54) is 15.8 Å². The molecule has 0 radical (unpaired) electrons. The van der Waals surface area contributed by atoms with Crippen LogP contribution in [0.2, 0.25) is 5.82 Å². The molecule has 1 saturated heterocycles. The fraction of sp³-hybridized carbons (Fsp3) is 0.435. The topological polar surface area (TPSA) is 134 Å². The van der Waals surface area contributed by atoms with Gasteiger partial charge in [-0.25, -0.2) is 4.79 Å². The van der Waals surface area contributed by atoms with E-state index in [2.05, 4.69) is 10.4 Å². The van der Waals surface area contributed by atoms with Crippen LogP contribution >= 0.6 is 0 Å². The number of nitrogens with one attached hydrogen (secondary N) is 1. The van der Waals surface area contributed by atoms with Gasteiger partial charge in [-0.15, -0.1) is 0 Å². The molecule has 11 nitrogen and oxygen atoms in total. The molecule has 3 heterocycles. The van der Waals surface area contributed by atoms with E-state index in [4.69, 9.17) is 4.65 Å². The molecule has 0 bridgehead atoms. The minimum Gasteiger partial charge on any atom is -0.536 e. The molecular weight excluding hydrogens is 453 g/mol. The number of para-hydroxylation sites is 1. The molecule has 2 aliphatic rings. The van der Waals surface area contributed by atoms with Gasteiger partial charge in [0.25, 0.3) is 0 Å². The van der Waals surface area contributed by atoms with E-state index in [-0.39, 0.29) is 25.3 Å².